The third kappa shape index (κ3) is 4.03. The summed E-state index contributed by atoms with van der Waals surface area (Å²) >= 11 is 0. The van der Waals surface area contributed by atoms with E-state index in [4.69, 9.17) is 0 Å². The van der Waals surface area contributed by atoms with Crippen LogP contribution in [0.25, 0.3) is 0 Å². The van der Waals surface area contributed by atoms with Crippen molar-refractivity contribution < 1.29 is 4.79 Å². The number of piperidine rings is 1. The molecule has 2 aromatic rings. The van der Waals surface area contributed by atoms with Gasteiger partial charge in [-0.1, -0.05) is 13.0 Å². The summed E-state index contributed by atoms with van der Waals surface area (Å²) in [7, 11) is 0. The van der Waals surface area contributed by atoms with Crippen molar-refractivity contribution in [2.24, 2.45) is 0 Å². The van der Waals surface area contributed by atoms with Crippen molar-refractivity contribution in [1.82, 2.24) is 14.5 Å². The Morgan fingerprint density at radius 3 is 3.00 bits per heavy atom. The number of rotatable bonds is 5. The van der Waals surface area contributed by atoms with E-state index in [2.05, 4.69) is 35.6 Å². The summed E-state index contributed by atoms with van der Waals surface area (Å²) in [6.07, 6.45) is 6.95. The van der Waals surface area contributed by atoms with E-state index in [-0.39, 0.29) is 5.91 Å². The fraction of sp³-hybridized carbons (Fsp3) is 0.500. The van der Waals surface area contributed by atoms with Gasteiger partial charge in [-0.25, -0.2) is 4.98 Å². The fourth-order valence-electron chi connectivity index (χ4n) is 3.57. The molecule has 5 heteroatoms. The van der Waals surface area contributed by atoms with Gasteiger partial charge >= 0.3 is 0 Å². The predicted molar refractivity (Wildman–Crippen MR) is 101 cm³/mol. The molecule has 5 nitrogen and oxygen atoms in total. The molecule has 1 atom stereocenters. The molecule has 1 fully saturated rings. The zero-order chi connectivity index (χ0) is 17.8. The fourth-order valence-corrected chi connectivity index (χ4v) is 3.57. The van der Waals surface area contributed by atoms with E-state index in [1.54, 1.807) is 0 Å². The number of aryl methyl sites for hydroxylation is 1. The van der Waals surface area contributed by atoms with Crippen molar-refractivity contribution >= 4 is 11.6 Å². The highest BCUT2D eigenvalue weighted by molar-refractivity contribution is 5.95. The van der Waals surface area contributed by atoms with Gasteiger partial charge < -0.3 is 14.8 Å². The minimum absolute atomic E-state index is 0.121. The maximum Gasteiger partial charge on any atom is 0.253 e. The maximum absolute atomic E-state index is 13.0. The lowest BCUT2D eigenvalue weighted by molar-refractivity contribution is 0.0678. The standard InChI is InChI=1S/C20H28N4O/c1-4-19-21-10-12-24(19)18-9-6-11-23(14-18)20(25)16-7-5-8-17(13-16)22-15(2)3/h5,7-8,10,12-13,15,18,22H,4,6,9,11,14H2,1-3H3. The Balaban J connectivity index is 1.74. The second-order valence-corrected chi connectivity index (χ2v) is 7.03. The first-order valence-electron chi connectivity index (χ1n) is 9.26. The van der Waals surface area contributed by atoms with E-state index in [9.17, 15) is 4.79 Å². The number of likely N-dealkylation sites (tertiary alicyclic amines) is 1. The van der Waals surface area contributed by atoms with Crippen LogP contribution in [-0.2, 0) is 6.42 Å². The van der Waals surface area contributed by atoms with Crippen molar-refractivity contribution in [3.63, 3.8) is 0 Å². The number of hydrogen-bond donors (Lipinski definition) is 1. The number of anilines is 1. The third-order valence-corrected chi connectivity index (χ3v) is 4.71. The Morgan fingerprint density at radius 2 is 2.24 bits per heavy atom. The van der Waals surface area contributed by atoms with Crippen molar-refractivity contribution in [2.75, 3.05) is 18.4 Å². The van der Waals surface area contributed by atoms with Crippen LogP contribution in [0.15, 0.2) is 36.7 Å². The summed E-state index contributed by atoms with van der Waals surface area (Å²) in [5.41, 5.74) is 1.75. The smallest absolute Gasteiger partial charge is 0.253 e. The zero-order valence-electron chi connectivity index (χ0n) is 15.4. The number of benzene rings is 1. The second kappa shape index (κ2) is 7.72. The first-order chi connectivity index (χ1) is 12.1. The van der Waals surface area contributed by atoms with E-state index >= 15 is 0 Å². The van der Waals surface area contributed by atoms with Crippen LogP contribution in [0, 0.1) is 0 Å². The summed E-state index contributed by atoms with van der Waals surface area (Å²) in [6, 6.07) is 8.50. The van der Waals surface area contributed by atoms with Gasteiger partial charge in [-0.05, 0) is 44.9 Å². The molecule has 0 radical (unpaired) electrons. The van der Waals surface area contributed by atoms with Gasteiger partial charge in [-0.3, -0.25) is 4.79 Å². The average molecular weight is 340 g/mol. The van der Waals surface area contributed by atoms with Crippen LogP contribution in [0.3, 0.4) is 0 Å². The highest BCUT2D eigenvalue weighted by Gasteiger charge is 2.26. The number of carbonyl (C=O) groups is 1. The minimum atomic E-state index is 0.121. The van der Waals surface area contributed by atoms with Crippen molar-refractivity contribution in [2.45, 2.75) is 52.1 Å². The number of carbonyl (C=O) groups excluding carboxylic acids is 1. The lowest BCUT2D eigenvalue weighted by Crippen LogP contribution is -2.41. The molecule has 0 bridgehead atoms. The molecule has 1 saturated heterocycles. The molecule has 1 aromatic heterocycles. The van der Waals surface area contributed by atoms with Crippen LogP contribution < -0.4 is 5.32 Å². The third-order valence-electron chi connectivity index (χ3n) is 4.71. The first kappa shape index (κ1) is 17.5. The van der Waals surface area contributed by atoms with Crippen LogP contribution in [0.2, 0.25) is 0 Å². The molecule has 1 unspecified atom stereocenters. The van der Waals surface area contributed by atoms with Gasteiger partial charge in [0.05, 0.1) is 6.04 Å². The highest BCUT2D eigenvalue weighted by atomic mass is 16.2. The number of aromatic nitrogens is 2. The molecule has 1 aliphatic heterocycles. The predicted octanol–water partition coefficient (Wildman–Crippen LogP) is 3.74. The Hall–Kier alpha value is -2.30. The largest absolute Gasteiger partial charge is 0.383 e. The van der Waals surface area contributed by atoms with Crippen LogP contribution in [0.4, 0.5) is 5.69 Å². The van der Waals surface area contributed by atoms with Gasteiger partial charge in [0.15, 0.2) is 0 Å². The molecule has 0 aliphatic carbocycles. The molecule has 25 heavy (non-hydrogen) atoms. The number of hydrogen-bond acceptors (Lipinski definition) is 3. The lowest BCUT2D eigenvalue weighted by atomic mass is 10.0. The SMILES string of the molecule is CCc1nccn1C1CCCN(C(=O)c2cccc(NC(C)C)c2)C1. The van der Waals surface area contributed by atoms with E-state index < -0.39 is 0 Å². The average Bonchev–Trinajstić information content (AvgIpc) is 3.09. The summed E-state index contributed by atoms with van der Waals surface area (Å²) in [5.74, 6) is 1.22. The van der Waals surface area contributed by atoms with E-state index in [0.717, 1.165) is 49.4 Å². The number of nitrogens with one attached hydrogen (secondary N) is 1. The van der Waals surface area contributed by atoms with Gasteiger partial charge in [-0.15, -0.1) is 0 Å². The summed E-state index contributed by atoms with van der Waals surface area (Å²) in [6.45, 7) is 7.90. The first-order valence-corrected chi connectivity index (χ1v) is 9.26. The normalized spacial score (nSPS) is 17.8. The monoisotopic (exact) mass is 340 g/mol. The van der Waals surface area contributed by atoms with Crippen molar-refractivity contribution in [1.29, 1.82) is 0 Å². The number of nitrogens with zero attached hydrogens (tertiary/aromatic N) is 3. The molecule has 2 heterocycles. The van der Waals surface area contributed by atoms with E-state index in [0.29, 0.717) is 12.1 Å². The topological polar surface area (TPSA) is 50.2 Å². The summed E-state index contributed by atoms with van der Waals surface area (Å²) in [4.78, 5) is 19.4. The molecule has 0 spiro atoms. The van der Waals surface area contributed by atoms with Gasteiger partial charge in [-0.2, -0.15) is 0 Å². The van der Waals surface area contributed by atoms with Crippen molar-refractivity contribution in [3.8, 4) is 0 Å². The highest BCUT2D eigenvalue weighted by Crippen LogP contribution is 2.25. The number of amides is 1. The van der Waals surface area contributed by atoms with Gasteiger partial charge in [0.25, 0.3) is 5.91 Å². The Bertz CT molecular complexity index is 722. The Kier molecular flexibility index (Phi) is 5.41. The molecule has 0 saturated carbocycles. The van der Waals surface area contributed by atoms with Crippen LogP contribution in [-0.4, -0.2) is 39.5 Å². The second-order valence-electron chi connectivity index (χ2n) is 7.03. The van der Waals surface area contributed by atoms with Gasteiger partial charge in [0.1, 0.15) is 5.82 Å². The Morgan fingerprint density at radius 1 is 1.40 bits per heavy atom. The van der Waals surface area contributed by atoms with Crippen molar-refractivity contribution in [3.05, 3.63) is 48.0 Å². The molecular weight excluding hydrogens is 312 g/mol. The Labute approximate surface area is 150 Å². The van der Waals surface area contributed by atoms with E-state index in [1.807, 2.05) is 41.6 Å². The maximum atomic E-state index is 13.0. The molecular formula is C20H28N4O. The number of imidazole rings is 1. The molecule has 3 rings (SSSR count). The van der Waals surface area contributed by atoms with Crippen LogP contribution >= 0.6 is 0 Å². The lowest BCUT2D eigenvalue weighted by Gasteiger charge is -2.34. The van der Waals surface area contributed by atoms with Crippen LogP contribution in [0.5, 0.6) is 0 Å². The van der Waals surface area contributed by atoms with Crippen LogP contribution in [0.1, 0.15) is 55.8 Å². The summed E-state index contributed by atoms with van der Waals surface area (Å²) in [5, 5.41) is 3.37. The molecule has 1 N–H and O–H groups in total. The molecule has 134 valence electrons. The van der Waals surface area contributed by atoms with E-state index in [1.165, 1.54) is 0 Å². The van der Waals surface area contributed by atoms with Gasteiger partial charge in [0, 0.05) is 49.2 Å². The molecule has 1 aromatic carbocycles. The quantitative estimate of drug-likeness (QED) is 0.902. The zero-order valence-corrected chi connectivity index (χ0v) is 15.4. The minimum Gasteiger partial charge on any atom is -0.383 e. The molecule has 1 aliphatic rings. The summed E-state index contributed by atoms with van der Waals surface area (Å²) < 4.78 is 2.25. The molecule has 1 amide bonds. The van der Waals surface area contributed by atoms with Gasteiger partial charge in [0.2, 0.25) is 0 Å².